The number of likely N-dealkylation sites (N-methyl/N-ethyl adjacent to an activating group) is 1. The van der Waals surface area contributed by atoms with Crippen molar-refractivity contribution in [3.05, 3.63) is 23.8 Å². The number of nitrogens with one attached hydrogen (secondary N) is 1. The molecule has 1 aliphatic carbocycles. The Hall–Kier alpha value is -2.65. The molecule has 1 aromatic carbocycles. The van der Waals surface area contributed by atoms with E-state index in [4.69, 9.17) is 14.2 Å². The third kappa shape index (κ3) is 6.73. The van der Waals surface area contributed by atoms with Crippen LogP contribution in [0.25, 0.3) is 0 Å². The first kappa shape index (κ1) is 26.9. The fourth-order valence-corrected chi connectivity index (χ4v) is 4.90. The molecule has 1 N–H and O–H groups in total. The van der Waals surface area contributed by atoms with Gasteiger partial charge in [-0.05, 0) is 38.0 Å². The Labute approximate surface area is 208 Å². The number of hydrogen-bond acceptors (Lipinski definition) is 6. The first-order valence-electron chi connectivity index (χ1n) is 12.4. The maximum atomic E-state index is 13.4. The molecular weight excluding hydrogens is 450 g/mol. The summed E-state index contributed by atoms with van der Waals surface area (Å²) in [5, 5.41) is 2.74. The summed E-state index contributed by atoms with van der Waals surface area (Å²) in [7, 11) is 4.80. The van der Waals surface area contributed by atoms with Crippen LogP contribution in [0.15, 0.2) is 18.2 Å². The SMILES string of the molecule is COCC(=O)Nc1ccc2c(c1)C(=O)N(C)C[C@H](OC)[C@H](C)CN(C(=O)C1CCCC1)[C@H](C)CO2. The number of nitrogens with zero attached hydrogens (tertiary/aromatic N) is 2. The second kappa shape index (κ2) is 12.4. The van der Waals surface area contributed by atoms with E-state index in [0.29, 0.717) is 30.1 Å². The van der Waals surface area contributed by atoms with Gasteiger partial charge in [-0.1, -0.05) is 19.8 Å². The van der Waals surface area contributed by atoms with Crippen LogP contribution < -0.4 is 10.1 Å². The van der Waals surface area contributed by atoms with Gasteiger partial charge in [0.1, 0.15) is 19.0 Å². The Morgan fingerprint density at radius 2 is 1.86 bits per heavy atom. The highest BCUT2D eigenvalue weighted by atomic mass is 16.5. The number of benzene rings is 1. The van der Waals surface area contributed by atoms with E-state index in [-0.39, 0.29) is 54.9 Å². The number of rotatable bonds is 5. The molecular formula is C26H39N3O6. The molecule has 3 amide bonds. The van der Waals surface area contributed by atoms with E-state index in [1.165, 1.54) is 7.11 Å². The standard InChI is InChI=1S/C26H39N3O6/c1-17-13-29(25(31)19-8-6-7-9-19)18(2)15-35-22-11-10-20(27-24(30)16-33-4)12-21(22)26(32)28(3)14-23(17)34-5/h10-12,17-19,23H,6-9,13-16H2,1-5H3,(H,27,30)/t17-,18-,23+/m1/s1. The molecule has 35 heavy (non-hydrogen) atoms. The predicted molar refractivity (Wildman–Crippen MR) is 132 cm³/mol. The summed E-state index contributed by atoms with van der Waals surface area (Å²) in [6.07, 6.45) is 3.80. The van der Waals surface area contributed by atoms with Crippen LogP contribution in [-0.4, -0.2) is 87.2 Å². The molecule has 1 heterocycles. The Bertz CT molecular complexity index is 901. The van der Waals surface area contributed by atoms with Crippen LogP contribution in [0.1, 0.15) is 49.9 Å². The number of fused-ring (bicyclic) bond motifs is 1. The quantitative estimate of drug-likeness (QED) is 0.683. The van der Waals surface area contributed by atoms with Crippen molar-refractivity contribution in [2.45, 2.75) is 51.7 Å². The molecule has 3 atom stereocenters. The molecule has 3 rings (SSSR count). The molecule has 0 bridgehead atoms. The third-order valence-corrected chi connectivity index (χ3v) is 6.99. The predicted octanol–water partition coefficient (Wildman–Crippen LogP) is 2.79. The average molecular weight is 490 g/mol. The van der Waals surface area contributed by atoms with Crippen LogP contribution in [0.2, 0.25) is 0 Å². The molecule has 0 saturated heterocycles. The van der Waals surface area contributed by atoms with Gasteiger partial charge in [-0.25, -0.2) is 0 Å². The van der Waals surface area contributed by atoms with E-state index in [0.717, 1.165) is 25.7 Å². The van der Waals surface area contributed by atoms with Crippen molar-refractivity contribution in [1.29, 1.82) is 0 Å². The van der Waals surface area contributed by atoms with Crippen LogP contribution in [0, 0.1) is 11.8 Å². The van der Waals surface area contributed by atoms with Crippen molar-refractivity contribution in [2.24, 2.45) is 11.8 Å². The molecule has 9 nitrogen and oxygen atoms in total. The van der Waals surface area contributed by atoms with Crippen LogP contribution >= 0.6 is 0 Å². The van der Waals surface area contributed by atoms with Crippen LogP contribution in [0.5, 0.6) is 5.75 Å². The smallest absolute Gasteiger partial charge is 0.257 e. The van der Waals surface area contributed by atoms with E-state index < -0.39 is 0 Å². The molecule has 1 fully saturated rings. The van der Waals surface area contributed by atoms with Crippen molar-refractivity contribution in [2.75, 3.05) is 52.9 Å². The number of amides is 3. The fourth-order valence-electron chi connectivity index (χ4n) is 4.90. The summed E-state index contributed by atoms with van der Waals surface area (Å²) in [4.78, 5) is 42.4. The molecule has 0 unspecified atom stereocenters. The van der Waals surface area contributed by atoms with Crippen LogP contribution in [0.4, 0.5) is 5.69 Å². The van der Waals surface area contributed by atoms with Gasteiger partial charge in [0.2, 0.25) is 11.8 Å². The molecule has 2 aliphatic rings. The van der Waals surface area contributed by atoms with Gasteiger partial charge in [-0.2, -0.15) is 0 Å². The van der Waals surface area contributed by atoms with Gasteiger partial charge in [0.05, 0.1) is 17.7 Å². The molecule has 0 aromatic heterocycles. The van der Waals surface area contributed by atoms with Gasteiger partial charge in [-0.15, -0.1) is 0 Å². The van der Waals surface area contributed by atoms with Gasteiger partial charge in [-0.3, -0.25) is 14.4 Å². The van der Waals surface area contributed by atoms with Crippen molar-refractivity contribution in [3.8, 4) is 5.75 Å². The highest BCUT2D eigenvalue weighted by Crippen LogP contribution is 2.30. The number of methoxy groups -OCH3 is 2. The summed E-state index contributed by atoms with van der Waals surface area (Å²) in [6.45, 7) is 5.10. The lowest BCUT2D eigenvalue weighted by molar-refractivity contribution is -0.139. The normalized spacial score (nSPS) is 24.3. The van der Waals surface area contributed by atoms with E-state index in [9.17, 15) is 14.4 Å². The lowest BCUT2D eigenvalue weighted by Crippen LogP contribution is -2.50. The van der Waals surface area contributed by atoms with Crippen molar-refractivity contribution in [3.63, 3.8) is 0 Å². The van der Waals surface area contributed by atoms with Gasteiger partial charge in [0.15, 0.2) is 0 Å². The second-order valence-electron chi connectivity index (χ2n) is 9.76. The zero-order valence-electron chi connectivity index (χ0n) is 21.5. The third-order valence-electron chi connectivity index (χ3n) is 6.99. The number of carbonyl (C=O) groups is 3. The molecule has 194 valence electrons. The minimum absolute atomic E-state index is 0.0154. The van der Waals surface area contributed by atoms with Crippen molar-refractivity contribution < 1.29 is 28.6 Å². The van der Waals surface area contributed by atoms with Gasteiger partial charge < -0.3 is 29.3 Å². The maximum Gasteiger partial charge on any atom is 0.257 e. The number of carbonyl (C=O) groups excluding carboxylic acids is 3. The zero-order valence-corrected chi connectivity index (χ0v) is 21.5. The van der Waals surface area contributed by atoms with Crippen LogP contribution in [-0.2, 0) is 19.1 Å². The number of anilines is 1. The maximum absolute atomic E-state index is 13.4. The lowest BCUT2D eigenvalue weighted by Gasteiger charge is -2.37. The van der Waals surface area contributed by atoms with Crippen molar-refractivity contribution >= 4 is 23.4 Å². The Morgan fingerprint density at radius 3 is 2.51 bits per heavy atom. The van der Waals surface area contributed by atoms with E-state index >= 15 is 0 Å². The molecule has 1 saturated carbocycles. The Kier molecular flexibility index (Phi) is 9.51. The van der Waals surface area contributed by atoms with Crippen molar-refractivity contribution in [1.82, 2.24) is 9.80 Å². The van der Waals surface area contributed by atoms with Gasteiger partial charge in [0.25, 0.3) is 5.91 Å². The summed E-state index contributed by atoms with van der Waals surface area (Å²) < 4.78 is 16.8. The minimum Gasteiger partial charge on any atom is -0.491 e. The molecule has 1 aliphatic heterocycles. The summed E-state index contributed by atoms with van der Waals surface area (Å²) in [5.41, 5.74) is 0.817. The van der Waals surface area contributed by atoms with E-state index in [1.54, 1.807) is 37.3 Å². The summed E-state index contributed by atoms with van der Waals surface area (Å²) in [5.74, 6) is 0.122. The Balaban J connectivity index is 1.92. The largest absolute Gasteiger partial charge is 0.491 e. The van der Waals surface area contributed by atoms with Gasteiger partial charge >= 0.3 is 0 Å². The lowest BCUT2D eigenvalue weighted by atomic mass is 9.99. The zero-order chi connectivity index (χ0) is 25.5. The summed E-state index contributed by atoms with van der Waals surface area (Å²) in [6, 6.07) is 4.81. The highest BCUT2D eigenvalue weighted by Gasteiger charge is 2.34. The monoisotopic (exact) mass is 489 g/mol. The van der Waals surface area contributed by atoms with E-state index in [1.807, 2.05) is 11.8 Å². The molecule has 1 aromatic rings. The fraction of sp³-hybridized carbons (Fsp3) is 0.654. The first-order chi connectivity index (χ1) is 16.7. The molecule has 0 spiro atoms. The first-order valence-corrected chi connectivity index (χ1v) is 12.4. The average Bonchev–Trinajstić information content (AvgIpc) is 3.38. The Morgan fingerprint density at radius 1 is 1.14 bits per heavy atom. The molecule has 0 radical (unpaired) electrons. The van der Waals surface area contributed by atoms with Gasteiger partial charge in [0, 0.05) is 51.9 Å². The topological polar surface area (TPSA) is 97.4 Å². The number of ether oxygens (including phenoxy) is 3. The highest BCUT2D eigenvalue weighted by molar-refractivity contribution is 5.99. The molecule has 9 heteroatoms. The number of hydrogen-bond donors (Lipinski definition) is 1. The summed E-state index contributed by atoms with van der Waals surface area (Å²) >= 11 is 0. The minimum atomic E-state index is -0.315. The van der Waals surface area contributed by atoms with Crippen LogP contribution in [0.3, 0.4) is 0 Å². The second-order valence-corrected chi connectivity index (χ2v) is 9.76. The van der Waals surface area contributed by atoms with E-state index in [2.05, 4.69) is 12.2 Å².